The summed E-state index contributed by atoms with van der Waals surface area (Å²) in [7, 11) is 1.85. The Kier molecular flexibility index (Phi) is 5.59. The third-order valence-electron chi connectivity index (χ3n) is 2.53. The molecule has 0 aliphatic heterocycles. The first kappa shape index (κ1) is 15.3. The molecule has 3 N–H and O–H groups in total. The third-order valence-corrected chi connectivity index (χ3v) is 2.53. The highest BCUT2D eigenvalue weighted by atomic mass is 35.5. The first-order chi connectivity index (χ1) is 8.69. The van der Waals surface area contributed by atoms with Crippen LogP contribution in [-0.4, -0.2) is 24.5 Å². The summed E-state index contributed by atoms with van der Waals surface area (Å²) in [6, 6.07) is 5.03. The van der Waals surface area contributed by atoms with Crippen LogP contribution < -0.4 is 16.4 Å². The van der Waals surface area contributed by atoms with Crippen LogP contribution in [0.5, 0.6) is 0 Å². The Balaban J connectivity index is 0.00000180. The Labute approximate surface area is 116 Å². The van der Waals surface area contributed by atoms with Gasteiger partial charge >= 0.3 is 5.76 Å². The van der Waals surface area contributed by atoms with Gasteiger partial charge in [-0.1, -0.05) is 0 Å². The second kappa shape index (κ2) is 6.96. The average Bonchev–Trinajstić information content (AvgIpc) is 2.69. The highest BCUT2D eigenvalue weighted by Crippen LogP contribution is 2.16. The molecule has 1 heterocycles. The summed E-state index contributed by atoms with van der Waals surface area (Å²) in [4.78, 5) is 25.1. The molecule has 1 amide bonds. The quantitative estimate of drug-likeness (QED) is 0.726. The lowest BCUT2D eigenvalue weighted by atomic mass is 10.2. The standard InChI is InChI=1S/C12H15N3O3.ClH/c1-13-6-2-3-11(16)14-8-4-5-10-9(7-8)15-12(17)18-10;/h4-5,7,13H,2-3,6H2,1H3,(H,14,16)(H,15,17);1H. The van der Waals surface area contributed by atoms with Crippen LogP contribution in [0.2, 0.25) is 0 Å². The second-order valence-corrected chi connectivity index (χ2v) is 3.98. The van der Waals surface area contributed by atoms with E-state index in [1.54, 1.807) is 18.2 Å². The van der Waals surface area contributed by atoms with Gasteiger partial charge in [0.15, 0.2) is 5.58 Å². The molecule has 104 valence electrons. The molecule has 2 aromatic rings. The second-order valence-electron chi connectivity index (χ2n) is 3.98. The first-order valence-electron chi connectivity index (χ1n) is 5.76. The van der Waals surface area contributed by atoms with Gasteiger partial charge in [-0.2, -0.15) is 0 Å². The van der Waals surface area contributed by atoms with E-state index in [9.17, 15) is 9.59 Å². The molecular weight excluding hydrogens is 270 g/mol. The number of rotatable bonds is 5. The van der Waals surface area contributed by atoms with Crippen LogP contribution in [0, 0.1) is 0 Å². The van der Waals surface area contributed by atoms with E-state index in [0.717, 1.165) is 13.0 Å². The number of hydrogen-bond acceptors (Lipinski definition) is 4. The molecule has 0 unspecified atom stereocenters. The zero-order valence-electron chi connectivity index (χ0n) is 10.5. The molecule has 0 fully saturated rings. The highest BCUT2D eigenvalue weighted by Gasteiger charge is 2.05. The molecule has 1 aromatic carbocycles. The number of nitrogens with one attached hydrogen (secondary N) is 3. The topological polar surface area (TPSA) is 87.1 Å². The first-order valence-corrected chi connectivity index (χ1v) is 5.76. The van der Waals surface area contributed by atoms with Gasteiger partial charge in [0, 0.05) is 12.1 Å². The van der Waals surface area contributed by atoms with Gasteiger partial charge in [0.2, 0.25) is 5.91 Å². The number of carbonyl (C=O) groups excluding carboxylic acids is 1. The Hall–Kier alpha value is -1.79. The fraction of sp³-hybridized carbons (Fsp3) is 0.333. The van der Waals surface area contributed by atoms with Gasteiger partial charge in [-0.3, -0.25) is 9.78 Å². The van der Waals surface area contributed by atoms with Crippen molar-refractivity contribution in [3.8, 4) is 0 Å². The monoisotopic (exact) mass is 285 g/mol. The van der Waals surface area contributed by atoms with E-state index in [1.165, 1.54) is 0 Å². The largest absolute Gasteiger partial charge is 0.417 e. The fourth-order valence-corrected chi connectivity index (χ4v) is 1.68. The number of aromatic amines is 1. The summed E-state index contributed by atoms with van der Waals surface area (Å²) in [5, 5.41) is 5.75. The molecule has 0 saturated heterocycles. The molecule has 19 heavy (non-hydrogen) atoms. The Morgan fingerprint density at radius 3 is 2.95 bits per heavy atom. The number of oxazole rings is 1. The molecule has 0 saturated carbocycles. The molecule has 0 aliphatic carbocycles. The number of halogens is 1. The minimum Gasteiger partial charge on any atom is -0.408 e. The SMILES string of the molecule is CNCCCC(=O)Nc1ccc2oc(=O)[nH]c2c1.Cl. The number of hydrogen-bond donors (Lipinski definition) is 3. The number of fused-ring (bicyclic) bond motifs is 1. The number of carbonyl (C=O) groups is 1. The van der Waals surface area contributed by atoms with Gasteiger partial charge in [-0.15, -0.1) is 12.4 Å². The van der Waals surface area contributed by atoms with Crippen molar-refractivity contribution in [2.75, 3.05) is 18.9 Å². The Morgan fingerprint density at radius 1 is 1.42 bits per heavy atom. The maximum atomic E-state index is 11.6. The summed E-state index contributed by atoms with van der Waals surface area (Å²) in [6.45, 7) is 0.807. The van der Waals surface area contributed by atoms with Crippen molar-refractivity contribution in [3.63, 3.8) is 0 Å². The van der Waals surface area contributed by atoms with Gasteiger partial charge in [0.05, 0.1) is 5.52 Å². The molecule has 0 bridgehead atoms. The lowest BCUT2D eigenvalue weighted by molar-refractivity contribution is -0.116. The van der Waals surface area contributed by atoms with Crippen LogP contribution in [0.1, 0.15) is 12.8 Å². The van der Waals surface area contributed by atoms with E-state index in [2.05, 4.69) is 15.6 Å². The van der Waals surface area contributed by atoms with Crippen molar-refractivity contribution in [1.29, 1.82) is 0 Å². The van der Waals surface area contributed by atoms with Crippen molar-refractivity contribution in [2.45, 2.75) is 12.8 Å². The smallest absolute Gasteiger partial charge is 0.408 e. The molecular formula is C12H16ClN3O3. The van der Waals surface area contributed by atoms with E-state index < -0.39 is 5.76 Å². The van der Waals surface area contributed by atoms with Crippen LogP contribution in [-0.2, 0) is 4.79 Å². The van der Waals surface area contributed by atoms with E-state index in [4.69, 9.17) is 4.42 Å². The molecule has 0 atom stereocenters. The summed E-state index contributed by atoms with van der Waals surface area (Å²) >= 11 is 0. The summed E-state index contributed by atoms with van der Waals surface area (Å²) in [6.07, 6.45) is 1.24. The van der Waals surface area contributed by atoms with Crippen LogP contribution in [0.25, 0.3) is 11.1 Å². The average molecular weight is 286 g/mol. The Bertz CT molecular complexity index is 606. The van der Waals surface area contributed by atoms with Crippen molar-refractivity contribution in [2.24, 2.45) is 0 Å². The highest BCUT2D eigenvalue weighted by molar-refractivity contribution is 5.92. The molecule has 7 heteroatoms. The van der Waals surface area contributed by atoms with Crippen LogP contribution >= 0.6 is 12.4 Å². The Morgan fingerprint density at radius 2 is 2.21 bits per heavy atom. The molecule has 0 radical (unpaired) electrons. The van der Waals surface area contributed by atoms with Gasteiger partial charge in [0.1, 0.15) is 0 Å². The number of anilines is 1. The third kappa shape index (κ3) is 4.11. The van der Waals surface area contributed by atoms with Crippen molar-refractivity contribution in [1.82, 2.24) is 10.3 Å². The minimum atomic E-state index is -0.498. The van der Waals surface area contributed by atoms with E-state index in [0.29, 0.717) is 23.2 Å². The number of aromatic nitrogens is 1. The molecule has 6 nitrogen and oxygen atoms in total. The van der Waals surface area contributed by atoms with Gasteiger partial charge in [-0.05, 0) is 38.2 Å². The minimum absolute atomic E-state index is 0. The van der Waals surface area contributed by atoms with E-state index in [-0.39, 0.29) is 18.3 Å². The zero-order chi connectivity index (χ0) is 13.0. The number of amides is 1. The lowest BCUT2D eigenvalue weighted by Crippen LogP contribution is -2.15. The van der Waals surface area contributed by atoms with Gasteiger partial charge in [0.25, 0.3) is 0 Å². The van der Waals surface area contributed by atoms with Gasteiger partial charge in [-0.25, -0.2) is 4.79 Å². The van der Waals surface area contributed by atoms with E-state index >= 15 is 0 Å². The van der Waals surface area contributed by atoms with Crippen molar-refractivity contribution in [3.05, 3.63) is 28.7 Å². The van der Waals surface area contributed by atoms with Crippen LogP contribution in [0.4, 0.5) is 5.69 Å². The lowest BCUT2D eigenvalue weighted by Gasteiger charge is -2.04. The van der Waals surface area contributed by atoms with Crippen molar-refractivity contribution >= 4 is 35.1 Å². The molecule has 1 aromatic heterocycles. The molecule has 0 spiro atoms. The van der Waals surface area contributed by atoms with Gasteiger partial charge < -0.3 is 15.1 Å². The van der Waals surface area contributed by atoms with Crippen LogP contribution in [0.3, 0.4) is 0 Å². The molecule has 2 rings (SSSR count). The maximum Gasteiger partial charge on any atom is 0.417 e. The number of benzene rings is 1. The zero-order valence-corrected chi connectivity index (χ0v) is 11.3. The predicted molar refractivity (Wildman–Crippen MR) is 75.9 cm³/mol. The van der Waals surface area contributed by atoms with Crippen LogP contribution in [0.15, 0.2) is 27.4 Å². The van der Waals surface area contributed by atoms with E-state index in [1.807, 2.05) is 7.05 Å². The summed E-state index contributed by atoms with van der Waals surface area (Å²) < 4.78 is 4.88. The number of H-pyrrole nitrogens is 1. The predicted octanol–water partition coefficient (Wildman–Crippen LogP) is 1.48. The normalized spacial score (nSPS) is 10.2. The fourth-order valence-electron chi connectivity index (χ4n) is 1.68. The maximum absolute atomic E-state index is 11.6. The summed E-state index contributed by atoms with van der Waals surface area (Å²) in [5.41, 5.74) is 1.70. The summed E-state index contributed by atoms with van der Waals surface area (Å²) in [5.74, 6) is -0.544. The molecule has 0 aliphatic rings. The van der Waals surface area contributed by atoms with Crippen molar-refractivity contribution < 1.29 is 9.21 Å².